The van der Waals surface area contributed by atoms with E-state index in [2.05, 4.69) is 25.5 Å². The minimum atomic E-state index is -3.07. The third-order valence-electron chi connectivity index (χ3n) is 6.21. The highest BCUT2D eigenvalue weighted by Crippen LogP contribution is 2.33. The van der Waals surface area contributed by atoms with Crippen LogP contribution in [-0.2, 0) is 0 Å². The molecule has 4 aromatic heterocycles. The molecular weight excluding hydrogens is 506 g/mol. The van der Waals surface area contributed by atoms with E-state index in [0.29, 0.717) is 40.6 Å². The molecule has 1 amide bonds. The fourth-order valence-corrected chi connectivity index (χ4v) is 4.57. The van der Waals surface area contributed by atoms with Gasteiger partial charge in [-0.3, -0.25) is 9.78 Å². The number of fused-ring (bicyclic) bond motifs is 2. The third kappa shape index (κ3) is 4.23. The Bertz CT molecular complexity index is 1650. The summed E-state index contributed by atoms with van der Waals surface area (Å²) in [5.74, 6) is -0.581. The molecule has 4 heterocycles. The Morgan fingerprint density at radius 2 is 2.05 bits per heavy atom. The van der Waals surface area contributed by atoms with Gasteiger partial charge in [-0.25, -0.2) is 14.2 Å². The second kappa shape index (κ2) is 9.05. The Morgan fingerprint density at radius 1 is 1.22 bits per heavy atom. The average Bonchev–Trinajstić information content (AvgIpc) is 3.45. The normalized spacial score (nSPS) is 17.3. The number of alkyl halides is 2. The van der Waals surface area contributed by atoms with Gasteiger partial charge in [0.1, 0.15) is 5.69 Å². The Kier molecular flexibility index (Phi) is 5.69. The van der Waals surface area contributed by atoms with Crippen LogP contribution in [0.4, 0.5) is 8.78 Å². The second-order valence-electron chi connectivity index (χ2n) is 8.69. The molecule has 13 heteroatoms. The van der Waals surface area contributed by atoms with E-state index in [0.717, 1.165) is 0 Å². The van der Waals surface area contributed by atoms with E-state index in [1.54, 1.807) is 35.2 Å². The van der Waals surface area contributed by atoms with Crippen molar-refractivity contribution in [3.05, 3.63) is 65.8 Å². The van der Waals surface area contributed by atoms with E-state index in [-0.39, 0.29) is 34.2 Å². The highest BCUT2D eigenvalue weighted by Gasteiger charge is 2.30. The molecule has 1 aliphatic carbocycles. The van der Waals surface area contributed by atoms with Crippen LogP contribution >= 0.6 is 11.6 Å². The number of pyridine rings is 1. The second-order valence-corrected chi connectivity index (χ2v) is 9.12. The quantitative estimate of drug-likeness (QED) is 0.347. The maximum Gasteiger partial charge on any atom is 0.387 e. The summed E-state index contributed by atoms with van der Waals surface area (Å²) in [5.41, 5.74) is 8.20. The number of hydrogen-bond acceptors (Lipinski definition) is 7. The van der Waals surface area contributed by atoms with E-state index >= 15 is 0 Å². The summed E-state index contributed by atoms with van der Waals surface area (Å²) >= 11 is 6.20. The molecule has 6 rings (SSSR count). The first-order chi connectivity index (χ1) is 17.9. The summed E-state index contributed by atoms with van der Waals surface area (Å²) < 4.78 is 34.1. The number of nitrogens with zero attached hydrogens (tertiary/aromatic N) is 6. The number of aromatic nitrogens is 6. The van der Waals surface area contributed by atoms with Crippen molar-refractivity contribution in [2.24, 2.45) is 5.73 Å². The zero-order chi connectivity index (χ0) is 25.7. The minimum Gasteiger partial charge on any atom is -0.433 e. The first kappa shape index (κ1) is 23.3. The van der Waals surface area contributed by atoms with Crippen LogP contribution in [0.5, 0.6) is 5.75 Å². The summed E-state index contributed by atoms with van der Waals surface area (Å²) in [6.07, 6.45) is 7.85. The number of amides is 1. The molecule has 0 atom stereocenters. The molecule has 3 N–H and O–H groups in total. The van der Waals surface area contributed by atoms with Crippen LogP contribution in [-0.4, -0.2) is 54.0 Å². The Labute approximate surface area is 213 Å². The number of halogens is 3. The maximum atomic E-state index is 13.2. The molecule has 0 saturated heterocycles. The SMILES string of the molecule is NC1CC(NC(=O)c2nn(-c3cc(Cl)ccc3OC(F)F)c3cc(-c4cnn5cccnc45)ncc23)C1. The van der Waals surface area contributed by atoms with E-state index in [1.807, 2.05) is 0 Å². The molecule has 37 heavy (non-hydrogen) atoms. The van der Waals surface area contributed by atoms with Gasteiger partial charge in [-0.05, 0) is 43.2 Å². The highest BCUT2D eigenvalue weighted by molar-refractivity contribution is 6.30. The molecule has 1 fully saturated rings. The van der Waals surface area contributed by atoms with Crippen LogP contribution in [0.1, 0.15) is 23.3 Å². The molecule has 1 aromatic carbocycles. The zero-order valence-corrected chi connectivity index (χ0v) is 19.8. The van der Waals surface area contributed by atoms with E-state index in [1.165, 1.54) is 29.1 Å². The van der Waals surface area contributed by atoms with Gasteiger partial charge in [0.2, 0.25) is 0 Å². The van der Waals surface area contributed by atoms with Gasteiger partial charge >= 0.3 is 6.61 Å². The standard InChI is InChI=1S/C24H19ClF2N8O2/c25-12-2-3-20(37-24(26)27)19(6-12)35-18-9-17(15-11-31-34-5-1-4-29-22(15)34)30-10-16(18)21(33-35)23(36)32-14-7-13(28)8-14/h1-6,9-11,13-14,24H,7-8,28H2,(H,32,36). The molecule has 1 saturated carbocycles. The Hall–Kier alpha value is -4.16. The highest BCUT2D eigenvalue weighted by atomic mass is 35.5. The summed E-state index contributed by atoms with van der Waals surface area (Å²) in [6, 6.07) is 7.61. The predicted octanol–water partition coefficient (Wildman–Crippen LogP) is 3.60. The lowest BCUT2D eigenvalue weighted by atomic mass is 9.87. The largest absolute Gasteiger partial charge is 0.433 e. The number of rotatable bonds is 6. The molecule has 5 aromatic rings. The van der Waals surface area contributed by atoms with Gasteiger partial charge < -0.3 is 15.8 Å². The molecule has 0 aliphatic heterocycles. The summed E-state index contributed by atoms with van der Waals surface area (Å²) in [6.45, 7) is -3.07. The minimum absolute atomic E-state index is 0.0452. The fourth-order valence-electron chi connectivity index (χ4n) is 4.40. The van der Waals surface area contributed by atoms with Gasteiger partial charge in [0.25, 0.3) is 5.91 Å². The number of ether oxygens (including phenoxy) is 1. The van der Waals surface area contributed by atoms with Gasteiger partial charge in [0.05, 0.1) is 28.4 Å². The van der Waals surface area contributed by atoms with Crippen LogP contribution in [0.25, 0.3) is 33.5 Å². The molecule has 188 valence electrons. The van der Waals surface area contributed by atoms with Crippen LogP contribution in [0.2, 0.25) is 5.02 Å². The number of carbonyl (C=O) groups excluding carboxylic acids is 1. The van der Waals surface area contributed by atoms with Gasteiger partial charge in [-0.15, -0.1) is 0 Å². The van der Waals surface area contributed by atoms with E-state index in [4.69, 9.17) is 22.1 Å². The van der Waals surface area contributed by atoms with Crippen molar-refractivity contribution < 1.29 is 18.3 Å². The summed E-state index contributed by atoms with van der Waals surface area (Å²) in [4.78, 5) is 22.1. The smallest absolute Gasteiger partial charge is 0.387 e. The molecule has 1 aliphatic rings. The summed E-state index contributed by atoms with van der Waals surface area (Å²) in [7, 11) is 0. The lowest BCUT2D eigenvalue weighted by Crippen LogP contribution is -2.50. The molecule has 0 spiro atoms. The van der Waals surface area contributed by atoms with Crippen molar-refractivity contribution in [1.29, 1.82) is 0 Å². The predicted molar refractivity (Wildman–Crippen MR) is 131 cm³/mol. The van der Waals surface area contributed by atoms with Gasteiger partial charge in [0.15, 0.2) is 17.1 Å². The number of benzene rings is 1. The molecule has 0 unspecified atom stereocenters. The van der Waals surface area contributed by atoms with Gasteiger partial charge in [0, 0.05) is 35.7 Å². The van der Waals surface area contributed by atoms with Crippen molar-refractivity contribution in [1.82, 2.24) is 34.7 Å². The first-order valence-electron chi connectivity index (χ1n) is 11.4. The zero-order valence-electron chi connectivity index (χ0n) is 19.1. The molecular formula is C24H19ClF2N8O2. The van der Waals surface area contributed by atoms with Crippen molar-refractivity contribution in [2.75, 3.05) is 0 Å². The lowest BCUT2D eigenvalue weighted by molar-refractivity contribution is -0.0498. The monoisotopic (exact) mass is 524 g/mol. The molecule has 0 radical (unpaired) electrons. The topological polar surface area (TPSA) is 125 Å². The maximum absolute atomic E-state index is 13.2. The number of carbonyl (C=O) groups is 1. The number of hydrogen-bond donors (Lipinski definition) is 2. The molecule has 10 nitrogen and oxygen atoms in total. The Balaban J connectivity index is 1.53. The number of nitrogens with one attached hydrogen (secondary N) is 1. The fraction of sp³-hybridized carbons (Fsp3) is 0.208. The van der Waals surface area contributed by atoms with Crippen molar-refractivity contribution in [3.63, 3.8) is 0 Å². The van der Waals surface area contributed by atoms with Crippen LogP contribution in [0.15, 0.2) is 55.1 Å². The van der Waals surface area contributed by atoms with E-state index < -0.39 is 12.5 Å². The summed E-state index contributed by atoms with van der Waals surface area (Å²) in [5, 5.41) is 12.4. The van der Waals surface area contributed by atoms with Gasteiger partial charge in [-0.1, -0.05) is 11.6 Å². The third-order valence-corrected chi connectivity index (χ3v) is 6.45. The Morgan fingerprint density at radius 3 is 2.84 bits per heavy atom. The van der Waals surface area contributed by atoms with Crippen LogP contribution in [0.3, 0.4) is 0 Å². The molecule has 0 bridgehead atoms. The lowest BCUT2D eigenvalue weighted by Gasteiger charge is -2.32. The van der Waals surface area contributed by atoms with Crippen LogP contribution in [0, 0.1) is 0 Å². The van der Waals surface area contributed by atoms with Gasteiger partial charge in [-0.2, -0.15) is 19.0 Å². The first-order valence-corrected chi connectivity index (χ1v) is 11.7. The van der Waals surface area contributed by atoms with Crippen molar-refractivity contribution in [2.45, 2.75) is 31.5 Å². The van der Waals surface area contributed by atoms with E-state index in [9.17, 15) is 13.6 Å². The van der Waals surface area contributed by atoms with Crippen LogP contribution < -0.4 is 15.8 Å². The average molecular weight is 525 g/mol. The van der Waals surface area contributed by atoms with Crippen molar-refractivity contribution >= 4 is 34.1 Å². The van der Waals surface area contributed by atoms with Crippen molar-refractivity contribution in [3.8, 4) is 22.7 Å². The number of nitrogens with two attached hydrogens (primary N) is 1.